The number of aliphatic hydroxyl groups excluding tert-OH is 1. The van der Waals surface area contributed by atoms with Gasteiger partial charge in [-0.1, -0.05) is 23.6 Å². The topological polar surface area (TPSA) is 95.8 Å². The molecule has 0 amide bonds. The van der Waals surface area contributed by atoms with Crippen molar-refractivity contribution in [3.05, 3.63) is 65.1 Å². The molecule has 4 rings (SSSR count). The molecule has 1 aliphatic rings. The Bertz CT molecular complexity index is 1250. The minimum atomic E-state index is -0.918. The maximum atomic E-state index is 12.3. The zero-order valence-corrected chi connectivity index (χ0v) is 20.3. The fourth-order valence-corrected chi connectivity index (χ4v) is 4.86. The number of ether oxygens (including phenoxy) is 1. The number of aromatic nitrogens is 2. The Kier molecular flexibility index (Phi) is 7.86. The van der Waals surface area contributed by atoms with Gasteiger partial charge in [-0.2, -0.15) is 0 Å². The summed E-state index contributed by atoms with van der Waals surface area (Å²) in [5, 5.41) is 22.2. The van der Waals surface area contributed by atoms with Gasteiger partial charge in [0.25, 0.3) is 0 Å². The summed E-state index contributed by atoms with van der Waals surface area (Å²) in [5.41, 5.74) is 1.08. The number of carboxylic acid groups (broad SMARTS) is 1. The Labute approximate surface area is 209 Å². The summed E-state index contributed by atoms with van der Waals surface area (Å²) < 4.78 is 5.31. The molecule has 1 aliphatic heterocycles. The van der Waals surface area contributed by atoms with Gasteiger partial charge in [-0.05, 0) is 61.9 Å². The number of aliphatic hydroxyl groups is 1. The highest BCUT2D eigenvalue weighted by Crippen LogP contribution is 2.41. The molecule has 2 N–H and O–H groups in total. The van der Waals surface area contributed by atoms with Crippen LogP contribution in [0.4, 0.5) is 0 Å². The third kappa shape index (κ3) is 5.73. The van der Waals surface area contributed by atoms with Crippen molar-refractivity contribution in [1.29, 1.82) is 0 Å². The predicted molar refractivity (Wildman–Crippen MR) is 134 cm³/mol. The molecule has 3 heterocycles. The summed E-state index contributed by atoms with van der Waals surface area (Å²) in [7, 11) is 1.57. The van der Waals surface area contributed by atoms with Crippen molar-refractivity contribution >= 4 is 28.5 Å². The van der Waals surface area contributed by atoms with Crippen LogP contribution in [0.1, 0.15) is 43.0 Å². The van der Waals surface area contributed by atoms with Crippen molar-refractivity contribution in [1.82, 2.24) is 14.9 Å². The van der Waals surface area contributed by atoms with E-state index in [0.29, 0.717) is 66.1 Å². The van der Waals surface area contributed by atoms with Gasteiger partial charge in [-0.15, -0.1) is 0 Å². The van der Waals surface area contributed by atoms with Crippen LogP contribution in [0.2, 0.25) is 5.02 Å². The lowest BCUT2D eigenvalue weighted by atomic mass is 9.74. The molecule has 3 aromatic rings. The quantitative estimate of drug-likeness (QED) is 0.473. The monoisotopic (exact) mass is 493 g/mol. The van der Waals surface area contributed by atoms with Gasteiger partial charge in [0, 0.05) is 36.4 Å². The Hall–Kier alpha value is -3.18. The van der Waals surface area contributed by atoms with Crippen LogP contribution >= 0.6 is 11.6 Å². The van der Waals surface area contributed by atoms with E-state index in [2.05, 4.69) is 26.7 Å². The number of piperidine rings is 1. The minimum Gasteiger partial charge on any atom is -0.497 e. The first kappa shape index (κ1) is 24.9. The minimum absolute atomic E-state index is 0.280. The first-order chi connectivity index (χ1) is 16.9. The second-order valence-corrected chi connectivity index (χ2v) is 9.24. The standard InChI is InChI=1S/C27H28ClN3O4/c1-35-20-7-8-23-21(17-20)25(22(28)18-30-23)24(32)9-10-27(26(33)34)11-15-31(16-12-27)14-4-6-19-5-2-3-13-29-19/h2-3,5,7-8,13,17-18,24,32H,9-12,14-16H2,1H3,(H,33,34)/t24-/m0/s1. The van der Waals surface area contributed by atoms with Gasteiger partial charge in [0.2, 0.25) is 0 Å². The number of methoxy groups -OCH3 is 1. The lowest BCUT2D eigenvalue weighted by Crippen LogP contribution is -2.44. The molecule has 0 radical (unpaired) electrons. The van der Waals surface area contributed by atoms with Crippen molar-refractivity contribution in [2.45, 2.75) is 31.8 Å². The first-order valence-corrected chi connectivity index (χ1v) is 12.0. The number of carboxylic acids is 1. The third-order valence-electron chi connectivity index (χ3n) is 6.75. The molecule has 182 valence electrons. The fourth-order valence-electron chi connectivity index (χ4n) is 4.58. The Balaban J connectivity index is 1.42. The highest BCUT2D eigenvalue weighted by Gasteiger charge is 2.41. The number of pyridine rings is 2. The summed E-state index contributed by atoms with van der Waals surface area (Å²) >= 11 is 6.42. The van der Waals surface area contributed by atoms with E-state index in [1.807, 2.05) is 24.3 Å². The van der Waals surface area contributed by atoms with Crippen LogP contribution in [-0.2, 0) is 4.79 Å². The number of fused-ring (bicyclic) bond motifs is 1. The molecule has 1 atom stereocenters. The Morgan fingerprint density at radius 2 is 2.06 bits per heavy atom. The molecule has 8 heteroatoms. The second-order valence-electron chi connectivity index (χ2n) is 8.84. The van der Waals surface area contributed by atoms with Gasteiger partial charge in [0.05, 0.1) is 35.7 Å². The SMILES string of the molecule is COc1ccc2ncc(Cl)c([C@@H](O)CCC3(C(=O)O)CCN(CC#Cc4ccccn4)CC3)c2c1. The van der Waals surface area contributed by atoms with Crippen LogP contribution in [-0.4, -0.2) is 57.8 Å². The number of carbonyl (C=O) groups is 1. The van der Waals surface area contributed by atoms with Crippen LogP contribution < -0.4 is 4.74 Å². The summed E-state index contributed by atoms with van der Waals surface area (Å²) in [6.07, 6.45) is 3.94. The van der Waals surface area contributed by atoms with Crippen molar-refractivity contribution in [3.8, 4) is 17.6 Å². The lowest BCUT2D eigenvalue weighted by Gasteiger charge is -2.38. The molecule has 1 saturated heterocycles. The van der Waals surface area contributed by atoms with Crippen LogP contribution in [0, 0.1) is 17.3 Å². The zero-order chi connectivity index (χ0) is 24.8. The van der Waals surface area contributed by atoms with Crippen molar-refractivity contribution in [2.75, 3.05) is 26.7 Å². The molecule has 0 unspecified atom stereocenters. The average Bonchev–Trinajstić information content (AvgIpc) is 2.88. The maximum Gasteiger partial charge on any atom is 0.309 e. The molecule has 2 aromatic heterocycles. The number of likely N-dealkylation sites (tertiary alicyclic amines) is 1. The van der Waals surface area contributed by atoms with E-state index in [4.69, 9.17) is 16.3 Å². The van der Waals surface area contributed by atoms with Gasteiger partial charge in [0.15, 0.2) is 0 Å². The molecule has 35 heavy (non-hydrogen) atoms. The van der Waals surface area contributed by atoms with Crippen LogP contribution in [0.15, 0.2) is 48.8 Å². The highest BCUT2D eigenvalue weighted by molar-refractivity contribution is 6.32. The highest BCUT2D eigenvalue weighted by atomic mass is 35.5. The van der Waals surface area contributed by atoms with E-state index in [1.54, 1.807) is 25.4 Å². The van der Waals surface area contributed by atoms with E-state index < -0.39 is 17.5 Å². The third-order valence-corrected chi connectivity index (χ3v) is 7.05. The molecule has 1 aromatic carbocycles. The Morgan fingerprint density at radius 3 is 2.74 bits per heavy atom. The molecule has 7 nitrogen and oxygen atoms in total. The zero-order valence-electron chi connectivity index (χ0n) is 19.6. The maximum absolute atomic E-state index is 12.3. The number of hydrogen-bond donors (Lipinski definition) is 2. The number of nitrogens with zero attached hydrogens (tertiary/aromatic N) is 3. The summed E-state index contributed by atoms with van der Waals surface area (Å²) in [4.78, 5) is 23.0. The van der Waals surface area contributed by atoms with Crippen LogP contribution in [0.5, 0.6) is 5.75 Å². The fraction of sp³-hybridized carbons (Fsp3) is 0.370. The molecular weight excluding hydrogens is 466 g/mol. The number of halogens is 1. The van der Waals surface area contributed by atoms with E-state index in [0.717, 1.165) is 5.69 Å². The molecule has 0 spiro atoms. The van der Waals surface area contributed by atoms with Gasteiger partial charge in [0.1, 0.15) is 11.4 Å². The smallest absolute Gasteiger partial charge is 0.309 e. The second kappa shape index (κ2) is 11.0. The van der Waals surface area contributed by atoms with Crippen molar-refractivity contribution < 1.29 is 19.7 Å². The van der Waals surface area contributed by atoms with Crippen molar-refractivity contribution in [3.63, 3.8) is 0 Å². The van der Waals surface area contributed by atoms with Crippen LogP contribution in [0.3, 0.4) is 0 Å². The number of aliphatic carboxylic acids is 1. The predicted octanol–water partition coefficient (Wildman–Crippen LogP) is 4.32. The van der Waals surface area contributed by atoms with E-state index in [9.17, 15) is 15.0 Å². The summed E-state index contributed by atoms with van der Waals surface area (Å²) in [6.45, 7) is 1.83. The van der Waals surface area contributed by atoms with Crippen LogP contribution in [0.25, 0.3) is 10.9 Å². The largest absolute Gasteiger partial charge is 0.497 e. The van der Waals surface area contributed by atoms with Gasteiger partial charge in [-0.3, -0.25) is 14.7 Å². The number of rotatable bonds is 7. The summed E-state index contributed by atoms with van der Waals surface area (Å²) in [6, 6.07) is 11.0. The molecule has 0 saturated carbocycles. The Morgan fingerprint density at radius 1 is 1.26 bits per heavy atom. The van der Waals surface area contributed by atoms with E-state index in [-0.39, 0.29) is 6.42 Å². The molecule has 0 bridgehead atoms. The molecule has 0 aliphatic carbocycles. The van der Waals surface area contributed by atoms with E-state index in [1.165, 1.54) is 6.20 Å². The lowest BCUT2D eigenvalue weighted by molar-refractivity contribution is -0.153. The van der Waals surface area contributed by atoms with Gasteiger partial charge in [-0.25, -0.2) is 4.98 Å². The molecular formula is C27H28ClN3O4. The van der Waals surface area contributed by atoms with Gasteiger partial charge >= 0.3 is 5.97 Å². The average molecular weight is 494 g/mol. The number of hydrogen-bond acceptors (Lipinski definition) is 6. The number of benzene rings is 1. The molecule has 1 fully saturated rings. The van der Waals surface area contributed by atoms with Crippen molar-refractivity contribution in [2.24, 2.45) is 5.41 Å². The summed E-state index contributed by atoms with van der Waals surface area (Å²) in [5.74, 6) is 5.98. The van der Waals surface area contributed by atoms with E-state index >= 15 is 0 Å². The normalized spacial score (nSPS) is 16.3. The van der Waals surface area contributed by atoms with Gasteiger partial charge < -0.3 is 14.9 Å². The first-order valence-electron chi connectivity index (χ1n) is 11.6.